The number of imide groups is 1. The van der Waals surface area contributed by atoms with Crippen molar-refractivity contribution < 1.29 is 14.4 Å². The van der Waals surface area contributed by atoms with Crippen LogP contribution in [0, 0.1) is 0 Å². The number of piperidine rings is 1. The van der Waals surface area contributed by atoms with Crippen molar-refractivity contribution in [2.45, 2.75) is 18.9 Å². The first-order valence-electron chi connectivity index (χ1n) is 6.23. The maximum Gasteiger partial charge on any atom is 0.251 e. The number of anilines is 2. The number of carbonyl (C=O) groups excluding carboxylic acids is 3. The van der Waals surface area contributed by atoms with Gasteiger partial charge in [0.1, 0.15) is 6.04 Å². The molecule has 1 aliphatic heterocycles. The summed E-state index contributed by atoms with van der Waals surface area (Å²) in [5.41, 5.74) is 7.24. The molecule has 1 unspecified atom stereocenters. The number of hydrogen-bond acceptors (Lipinski definition) is 5. The fourth-order valence-corrected chi connectivity index (χ4v) is 2.00. The van der Waals surface area contributed by atoms with Gasteiger partial charge in [-0.15, -0.1) is 0 Å². The third-order valence-electron chi connectivity index (χ3n) is 3.11. The van der Waals surface area contributed by atoms with Crippen LogP contribution in [0.25, 0.3) is 0 Å². The van der Waals surface area contributed by atoms with E-state index in [0.29, 0.717) is 29.8 Å². The van der Waals surface area contributed by atoms with E-state index >= 15 is 0 Å². The molecule has 0 bridgehead atoms. The van der Waals surface area contributed by atoms with Gasteiger partial charge in [-0.1, -0.05) is 0 Å². The highest BCUT2D eigenvalue weighted by Crippen LogP contribution is 2.22. The summed E-state index contributed by atoms with van der Waals surface area (Å²) in [7, 11) is 1.54. The second kappa shape index (κ2) is 5.60. The molecule has 1 aromatic rings. The summed E-state index contributed by atoms with van der Waals surface area (Å²) in [5, 5.41) is 7.75. The molecular weight excluding hydrogens is 260 g/mol. The van der Waals surface area contributed by atoms with E-state index in [2.05, 4.69) is 16.0 Å². The monoisotopic (exact) mass is 276 g/mol. The molecule has 1 atom stereocenters. The van der Waals surface area contributed by atoms with Crippen LogP contribution >= 0.6 is 0 Å². The lowest BCUT2D eigenvalue weighted by molar-refractivity contribution is -0.133. The average Bonchev–Trinajstić information content (AvgIpc) is 2.42. The zero-order valence-electron chi connectivity index (χ0n) is 11.0. The third kappa shape index (κ3) is 2.87. The minimum Gasteiger partial charge on any atom is -0.397 e. The van der Waals surface area contributed by atoms with Crippen LogP contribution in [0.2, 0.25) is 0 Å². The van der Waals surface area contributed by atoms with E-state index in [0.717, 1.165) is 0 Å². The molecule has 7 heteroatoms. The Morgan fingerprint density at radius 1 is 1.40 bits per heavy atom. The molecule has 3 amide bonds. The lowest BCUT2D eigenvalue weighted by atomic mass is 10.1. The van der Waals surface area contributed by atoms with Crippen molar-refractivity contribution in [2.24, 2.45) is 0 Å². The van der Waals surface area contributed by atoms with E-state index in [1.165, 1.54) is 13.1 Å². The standard InChI is InChI=1S/C13H16N4O3/c1-15-12(19)7-2-3-9(8(14)6-7)16-10-4-5-11(18)17-13(10)20/h2-3,6,10,16H,4-5,14H2,1H3,(H,15,19)(H,17,18,20). The van der Waals surface area contributed by atoms with Gasteiger partial charge in [0.15, 0.2) is 0 Å². The van der Waals surface area contributed by atoms with Crippen molar-refractivity contribution in [2.75, 3.05) is 18.1 Å². The highest BCUT2D eigenvalue weighted by atomic mass is 16.2. The van der Waals surface area contributed by atoms with Gasteiger partial charge in [-0.3, -0.25) is 19.7 Å². The first kappa shape index (κ1) is 13.9. The summed E-state index contributed by atoms with van der Waals surface area (Å²) in [6, 6.07) is 4.29. The second-order valence-electron chi connectivity index (χ2n) is 4.53. The number of nitrogen functional groups attached to an aromatic ring is 1. The van der Waals surface area contributed by atoms with Crippen LogP contribution in [0.15, 0.2) is 18.2 Å². The van der Waals surface area contributed by atoms with Gasteiger partial charge in [0.2, 0.25) is 11.8 Å². The summed E-state index contributed by atoms with van der Waals surface area (Å²) in [6.07, 6.45) is 0.709. The van der Waals surface area contributed by atoms with Gasteiger partial charge >= 0.3 is 0 Å². The maximum absolute atomic E-state index is 11.6. The largest absolute Gasteiger partial charge is 0.397 e. The molecule has 1 aliphatic rings. The Bertz CT molecular complexity index is 571. The Morgan fingerprint density at radius 2 is 2.15 bits per heavy atom. The Morgan fingerprint density at radius 3 is 2.75 bits per heavy atom. The Hall–Kier alpha value is -2.57. The van der Waals surface area contributed by atoms with Crippen LogP contribution in [0.1, 0.15) is 23.2 Å². The quantitative estimate of drug-likeness (QED) is 0.453. The summed E-state index contributed by atoms with van der Waals surface area (Å²) in [4.78, 5) is 34.2. The molecule has 1 aromatic carbocycles. The lowest BCUT2D eigenvalue weighted by Gasteiger charge is -2.23. The number of hydrogen-bond donors (Lipinski definition) is 4. The van der Waals surface area contributed by atoms with Crippen molar-refractivity contribution >= 4 is 29.1 Å². The van der Waals surface area contributed by atoms with Crippen LogP contribution in [0.5, 0.6) is 0 Å². The predicted molar refractivity (Wildman–Crippen MR) is 74.0 cm³/mol. The van der Waals surface area contributed by atoms with Crippen molar-refractivity contribution in [3.8, 4) is 0 Å². The molecule has 7 nitrogen and oxygen atoms in total. The molecule has 2 rings (SSSR count). The molecule has 0 aliphatic carbocycles. The van der Waals surface area contributed by atoms with E-state index in [4.69, 9.17) is 5.73 Å². The number of nitrogens with one attached hydrogen (secondary N) is 3. The highest BCUT2D eigenvalue weighted by Gasteiger charge is 2.26. The van der Waals surface area contributed by atoms with Crippen molar-refractivity contribution in [1.82, 2.24) is 10.6 Å². The summed E-state index contributed by atoms with van der Waals surface area (Å²) >= 11 is 0. The minimum atomic E-state index is -0.499. The fourth-order valence-electron chi connectivity index (χ4n) is 2.00. The van der Waals surface area contributed by atoms with Crippen LogP contribution < -0.4 is 21.7 Å². The van der Waals surface area contributed by atoms with Gasteiger partial charge in [0, 0.05) is 19.0 Å². The lowest BCUT2D eigenvalue weighted by Crippen LogP contribution is -2.47. The van der Waals surface area contributed by atoms with Gasteiger partial charge < -0.3 is 16.4 Å². The highest BCUT2D eigenvalue weighted by molar-refractivity contribution is 6.02. The van der Waals surface area contributed by atoms with E-state index in [1.54, 1.807) is 12.1 Å². The molecule has 1 heterocycles. The van der Waals surface area contributed by atoms with E-state index in [1.807, 2.05) is 0 Å². The van der Waals surface area contributed by atoms with Crippen LogP contribution in [0.3, 0.4) is 0 Å². The summed E-state index contributed by atoms with van der Waals surface area (Å²) in [5.74, 6) is -0.865. The molecule has 20 heavy (non-hydrogen) atoms. The number of rotatable bonds is 3. The van der Waals surface area contributed by atoms with Gasteiger partial charge in [-0.2, -0.15) is 0 Å². The third-order valence-corrected chi connectivity index (χ3v) is 3.11. The Kier molecular flexibility index (Phi) is 3.88. The van der Waals surface area contributed by atoms with Crippen LogP contribution in [-0.4, -0.2) is 30.8 Å². The minimum absolute atomic E-state index is 0.232. The van der Waals surface area contributed by atoms with Gasteiger partial charge in [-0.25, -0.2) is 0 Å². The maximum atomic E-state index is 11.6. The van der Waals surface area contributed by atoms with Crippen LogP contribution in [0.4, 0.5) is 11.4 Å². The molecule has 0 radical (unpaired) electrons. The number of carbonyl (C=O) groups is 3. The first-order chi connectivity index (χ1) is 9.51. The molecule has 1 saturated heterocycles. The molecule has 5 N–H and O–H groups in total. The van der Waals surface area contributed by atoms with Crippen LogP contribution in [-0.2, 0) is 9.59 Å². The van der Waals surface area contributed by atoms with E-state index < -0.39 is 6.04 Å². The second-order valence-corrected chi connectivity index (χ2v) is 4.53. The topological polar surface area (TPSA) is 113 Å². The molecule has 106 valence electrons. The zero-order chi connectivity index (χ0) is 14.7. The Labute approximate surface area is 115 Å². The fraction of sp³-hybridized carbons (Fsp3) is 0.308. The predicted octanol–water partition coefficient (Wildman–Crippen LogP) is -0.154. The zero-order valence-corrected chi connectivity index (χ0v) is 11.0. The molecule has 0 saturated carbocycles. The number of nitrogens with two attached hydrogens (primary N) is 1. The van der Waals surface area contributed by atoms with Crippen molar-refractivity contribution in [1.29, 1.82) is 0 Å². The van der Waals surface area contributed by atoms with Gasteiger partial charge in [-0.05, 0) is 24.6 Å². The van der Waals surface area contributed by atoms with Crippen molar-refractivity contribution in [3.05, 3.63) is 23.8 Å². The number of amides is 3. The SMILES string of the molecule is CNC(=O)c1ccc(NC2CCC(=O)NC2=O)c(N)c1. The van der Waals surface area contributed by atoms with Crippen molar-refractivity contribution in [3.63, 3.8) is 0 Å². The molecular formula is C13H16N4O3. The van der Waals surface area contributed by atoms with E-state index in [9.17, 15) is 14.4 Å². The number of benzene rings is 1. The summed E-state index contributed by atoms with van der Waals surface area (Å²) in [6.45, 7) is 0. The van der Waals surface area contributed by atoms with Gasteiger partial charge in [0.25, 0.3) is 5.91 Å². The first-order valence-corrected chi connectivity index (χ1v) is 6.23. The Balaban J connectivity index is 2.12. The molecule has 0 aromatic heterocycles. The smallest absolute Gasteiger partial charge is 0.251 e. The van der Waals surface area contributed by atoms with E-state index in [-0.39, 0.29) is 17.7 Å². The average molecular weight is 276 g/mol. The molecule has 0 spiro atoms. The summed E-state index contributed by atoms with van der Waals surface area (Å²) < 4.78 is 0. The van der Waals surface area contributed by atoms with Gasteiger partial charge in [0.05, 0.1) is 11.4 Å². The molecule has 1 fully saturated rings. The normalized spacial score (nSPS) is 18.4.